The van der Waals surface area contributed by atoms with Gasteiger partial charge in [-0.3, -0.25) is 4.79 Å². The van der Waals surface area contributed by atoms with Crippen molar-refractivity contribution in [1.29, 1.82) is 0 Å². The molecular formula is C21H14Cl2N2O2S. The van der Waals surface area contributed by atoms with Gasteiger partial charge in [-0.2, -0.15) is 0 Å². The smallest absolute Gasteiger partial charge is 0.264 e. The predicted molar refractivity (Wildman–Crippen MR) is 118 cm³/mol. The van der Waals surface area contributed by atoms with Gasteiger partial charge >= 0.3 is 0 Å². The maximum absolute atomic E-state index is 12.5. The first-order valence-electron chi connectivity index (χ1n) is 8.36. The zero-order valence-corrected chi connectivity index (χ0v) is 17.0. The molecule has 1 fully saturated rings. The SMILES string of the molecule is COc1ccc2ccccc2c1/C=C1/SC(=Nc2cccc(Cl)c2Cl)NC1=O. The number of amidine groups is 1. The van der Waals surface area contributed by atoms with Crippen molar-refractivity contribution in [2.75, 3.05) is 7.11 Å². The Labute approximate surface area is 176 Å². The first-order chi connectivity index (χ1) is 13.6. The lowest BCUT2D eigenvalue weighted by Gasteiger charge is -2.09. The number of amides is 1. The van der Waals surface area contributed by atoms with E-state index in [0.29, 0.717) is 31.6 Å². The van der Waals surface area contributed by atoms with Crippen LogP contribution in [-0.2, 0) is 4.79 Å². The summed E-state index contributed by atoms with van der Waals surface area (Å²) in [6.45, 7) is 0. The highest BCUT2D eigenvalue weighted by Crippen LogP contribution is 2.36. The van der Waals surface area contributed by atoms with E-state index < -0.39 is 0 Å². The fraction of sp³-hybridized carbons (Fsp3) is 0.0476. The maximum atomic E-state index is 12.5. The molecule has 1 N–H and O–H groups in total. The van der Waals surface area contributed by atoms with Crippen LogP contribution in [-0.4, -0.2) is 18.2 Å². The zero-order chi connectivity index (χ0) is 19.7. The molecule has 1 aliphatic rings. The van der Waals surface area contributed by atoms with Gasteiger partial charge in [-0.15, -0.1) is 0 Å². The summed E-state index contributed by atoms with van der Waals surface area (Å²) < 4.78 is 5.50. The Kier molecular flexibility index (Phi) is 5.31. The van der Waals surface area contributed by atoms with Crippen molar-refractivity contribution in [3.05, 3.63) is 75.1 Å². The number of fused-ring (bicyclic) bond motifs is 1. The Balaban J connectivity index is 1.74. The van der Waals surface area contributed by atoms with Gasteiger partial charge < -0.3 is 10.1 Å². The third kappa shape index (κ3) is 3.61. The van der Waals surface area contributed by atoms with E-state index in [2.05, 4.69) is 10.3 Å². The number of nitrogens with zero attached hydrogens (tertiary/aromatic N) is 1. The molecule has 0 aliphatic carbocycles. The molecular weight excluding hydrogens is 415 g/mol. The van der Waals surface area contributed by atoms with Crippen LogP contribution in [0, 0.1) is 0 Å². The van der Waals surface area contributed by atoms with E-state index in [1.54, 1.807) is 25.3 Å². The fourth-order valence-electron chi connectivity index (χ4n) is 2.90. The molecule has 0 spiro atoms. The molecule has 3 aromatic rings. The van der Waals surface area contributed by atoms with Crippen molar-refractivity contribution in [3.8, 4) is 5.75 Å². The number of nitrogens with one attached hydrogen (secondary N) is 1. The molecule has 0 radical (unpaired) electrons. The van der Waals surface area contributed by atoms with Crippen LogP contribution in [0.1, 0.15) is 5.56 Å². The van der Waals surface area contributed by atoms with Gasteiger partial charge in [0.2, 0.25) is 0 Å². The second-order valence-electron chi connectivity index (χ2n) is 5.96. The zero-order valence-electron chi connectivity index (χ0n) is 14.7. The number of hydrogen-bond donors (Lipinski definition) is 1. The number of halogens is 2. The average Bonchev–Trinajstić information content (AvgIpc) is 3.04. The second kappa shape index (κ2) is 7.87. The lowest BCUT2D eigenvalue weighted by atomic mass is 10.0. The minimum Gasteiger partial charge on any atom is -0.496 e. The molecule has 4 rings (SSSR count). The lowest BCUT2D eigenvalue weighted by molar-refractivity contribution is -0.115. The summed E-state index contributed by atoms with van der Waals surface area (Å²) in [5.41, 5.74) is 1.35. The molecule has 0 atom stereocenters. The van der Waals surface area contributed by atoms with Crippen LogP contribution >= 0.6 is 35.0 Å². The summed E-state index contributed by atoms with van der Waals surface area (Å²) in [5, 5.41) is 6.04. The van der Waals surface area contributed by atoms with Crippen molar-refractivity contribution < 1.29 is 9.53 Å². The third-order valence-electron chi connectivity index (χ3n) is 4.23. The number of thioether (sulfide) groups is 1. The number of benzene rings is 3. The molecule has 28 heavy (non-hydrogen) atoms. The van der Waals surface area contributed by atoms with Crippen LogP contribution in [0.15, 0.2) is 64.5 Å². The van der Waals surface area contributed by atoms with Gasteiger partial charge in [-0.05, 0) is 46.8 Å². The monoisotopic (exact) mass is 428 g/mol. The van der Waals surface area contributed by atoms with Gasteiger partial charge in [0.25, 0.3) is 5.91 Å². The van der Waals surface area contributed by atoms with Crippen LogP contribution in [0.3, 0.4) is 0 Å². The number of aliphatic imine (C=N–C) groups is 1. The molecule has 4 nitrogen and oxygen atoms in total. The number of rotatable bonds is 3. The van der Waals surface area contributed by atoms with E-state index in [9.17, 15) is 4.79 Å². The standard InChI is InChI=1S/C21H14Cl2N2O2S/c1-27-17-10-9-12-5-2-3-6-13(12)14(17)11-18-20(26)25-21(28-18)24-16-8-4-7-15(22)19(16)23/h2-11H,1H3,(H,24,25,26)/b18-11+. The van der Waals surface area contributed by atoms with Crippen LogP contribution in [0.5, 0.6) is 5.75 Å². The lowest BCUT2D eigenvalue weighted by Crippen LogP contribution is -2.19. The number of carbonyl (C=O) groups is 1. The summed E-state index contributed by atoms with van der Waals surface area (Å²) in [6, 6.07) is 17.0. The van der Waals surface area contributed by atoms with E-state index in [0.717, 1.165) is 16.3 Å². The molecule has 1 aliphatic heterocycles. The summed E-state index contributed by atoms with van der Waals surface area (Å²) >= 11 is 13.5. The molecule has 0 bridgehead atoms. The Morgan fingerprint density at radius 2 is 1.89 bits per heavy atom. The van der Waals surface area contributed by atoms with Gasteiger partial charge in [0.1, 0.15) is 5.75 Å². The molecule has 7 heteroatoms. The Morgan fingerprint density at radius 1 is 1.07 bits per heavy atom. The van der Waals surface area contributed by atoms with Crippen molar-refractivity contribution in [2.45, 2.75) is 0 Å². The molecule has 3 aromatic carbocycles. The van der Waals surface area contributed by atoms with Crippen LogP contribution in [0.4, 0.5) is 5.69 Å². The Bertz CT molecular complexity index is 1160. The van der Waals surface area contributed by atoms with Gasteiger partial charge in [0.05, 0.1) is 27.7 Å². The number of carbonyl (C=O) groups excluding carboxylic acids is 1. The second-order valence-corrected chi connectivity index (χ2v) is 7.77. The average molecular weight is 429 g/mol. The molecule has 1 heterocycles. The highest BCUT2D eigenvalue weighted by Gasteiger charge is 2.25. The number of methoxy groups -OCH3 is 1. The quantitative estimate of drug-likeness (QED) is 0.516. The highest BCUT2D eigenvalue weighted by atomic mass is 35.5. The minimum absolute atomic E-state index is 0.225. The number of hydrogen-bond acceptors (Lipinski definition) is 4. The predicted octanol–water partition coefficient (Wildman–Crippen LogP) is 6.05. The molecule has 1 amide bonds. The van der Waals surface area contributed by atoms with Crippen LogP contribution in [0.25, 0.3) is 16.8 Å². The number of ether oxygens (including phenoxy) is 1. The van der Waals surface area contributed by atoms with Crippen LogP contribution < -0.4 is 10.1 Å². The molecule has 1 saturated heterocycles. The van der Waals surface area contributed by atoms with Crippen molar-refractivity contribution in [3.63, 3.8) is 0 Å². The van der Waals surface area contributed by atoms with Crippen molar-refractivity contribution in [1.82, 2.24) is 5.32 Å². The largest absolute Gasteiger partial charge is 0.496 e. The van der Waals surface area contributed by atoms with Gasteiger partial charge in [0.15, 0.2) is 5.17 Å². The third-order valence-corrected chi connectivity index (χ3v) is 5.95. The normalized spacial score (nSPS) is 16.8. The first kappa shape index (κ1) is 18.9. The summed E-state index contributed by atoms with van der Waals surface area (Å²) in [5.74, 6) is 0.472. The summed E-state index contributed by atoms with van der Waals surface area (Å²) in [7, 11) is 1.61. The van der Waals surface area contributed by atoms with Crippen molar-refractivity contribution in [2.24, 2.45) is 4.99 Å². The maximum Gasteiger partial charge on any atom is 0.264 e. The van der Waals surface area contributed by atoms with Gasteiger partial charge in [-0.25, -0.2) is 4.99 Å². The van der Waals surface area contributed by atoms with E-state index >= 15 is 0 Å². The van der Waals surface area contributed by atoms with Crippen LogP contribution in [0.2, 0.25) is 10.0 Å². The fourth-order valence-corrected chi connectivity index (χ4v) is 4.06. The van der Waals surface area contributed by atoms with E-state index in [4.69, 9.17) is 27.9 Å². The van der Waals surface area contributed by atoms with Gasteiger partial charge in [-0.1, -0.05) is 59.6 Å². The topological polar surface area (TPSA) is 50.7 Å². The summed E-state index contributed by atoms with van der Waals surface area (Å²) in [6.07, 6.45) is 1.82. The first-order valence-corrected chi connectivity index (χ1v) is 9.93. The minimum atomic E-state index is -0.225. The molecule has 140 valence electrons. The summed E-state index contributed by atoms with van der Waals surface area (Å²) in [4.78, 5) is 17.4. The highest BCUT2D eigenvalue weighted by molar-refractivity contribution is 8.18. The Hall–Kier alpha value is -2.47. The molecule has 0 unspecified atom stereocenters. The van der Waals surface area contributed by atoms with Gasteiger partial charge in [0, 0.05) is 5.56 Å². The van der Waals surface area contributed by atoms with E-state index in [1.165, 1.54) is 11.8 Å². The van der Waals surface area contributed by atoms with E-state index in [1.807, 2.05) is 42.5 Å². The van der Waals surface area contributed by atoms with E-state index in [-0.39, 0.29) is 5.91 Å². The molecule has 0 aromatic heterocycles. The molecule has 0 saturated carbocycles. The Morgan fingerprint density at radius 3 is 2.71 bits per heavy atom. The van der Waals surface area contributed by atoms with Crippen molar-refractivity contribution >= 4 is 68.6 Å².